The zero-order chi connectivity index (χ0) is 8.32. The molecule has 0 unspecified atom stereocenters. The molecule has 0 heterocycles. The highest BCUT2D eigenvalue weighted by atomic mass is 14.3. The van der Waals surface area contributed by atoms with Gasteiger partial charge in [0.05, 0.1) is 0 Å². The van der Waals surface area contributed by atoms with Crippen LogP contribution in [0.25, 0.3) is 0 Å². The van der Waals surface area contributed by atoms with E-state index in [9.17, 15) is 0 Å². The van der Waals surface area contributed by atoms with E-state index in [0.29, 0.717) is 5.41 Å². The lowest BCUT2D eigenvalue weighted by Crippen LogP contribution is -2.19. The molecule has 1 rings (SSSR count). The first-order chi connectivity index (χ1) is 5.11. The molecule has 0 aromatic rings. The SMILES string of the molecule is [CH2]C(C)(C)C1CCCCCC1. The van der Waals surface area contributed by atoms with Crippen molar-refractivity contribution < 1.29 is 0 Å². The molecule has 0 aromatic carbocycles. The molecule has 1 aliphatic carbocycles. The molecule has 0 bridgehead atoms. The maximum Gasteiger partial charge on any atom is -0.0326 e. The quantitative estimate of drug-likeness (QED) is 0.502. The van der Waals surface area contributed by atoms with E-state index < -0.39 is 0 Å². The van der Waals surface area contributed by atoms with E-state index >= 15 is 0 Å². The summed E-state index contributed by atoms with van der Waals surface area (Å²) in [7, 11) is 0. The third-order valence-electron chi connectivity index (χ3n) is 2.96. The second kappa shape index (κ2) is 3.60. The first-order valence-electron chi connectivity index (χ1n) is 4.96. The lowest BCUT2D eigenvalue weighted by atomic mass is 9.76. The summed E-state index contributed by atoms with van der Waals surface area (Å²) >= 11 is 0. The molecule has 65 valence electrons. The Morgan fingerprint density at radius 2 is 1.45 bits per heavy atom. The fourth-order valence-electron chi connectivity index (χ4n) is 2.06. The number of rotatable bonds is 1. The molecule has 0 amide bonds. The van der Waals surface area contributed by atoms with Crippen LogP contribution in [0.2, 0.25) is 0 Å². The molecule has 1 aliphatic rings. The van der Waals surface area contributed by atoms with Gasteiger partial charge in [-0.05, 0) is 31.1 Å². The largest absolute Gasteiger partial charge is 0.0596 e. The van der Waals surface area contributed by atoms with Crippen molar-refractivity contribution in [3.05, 3.63) is 6.92 Å². The molecule has 0 saturated heterocycles. The van der Waals surface area contributed by atoms with E-state index in [1.54, 1.807) is 0 Å². The number of hydrogen-bond acceptors (Lipinski definition) is 0. The van der Waals surface area contributed by atoms with Gasteiger partial charge < -0.3 is 0 Å². The van der Waals surface area contributed by atoms with Crippen molar-refractivity contribution in [3.8, 4) is 0 Å². The minimum atomic E-state index is 0.310. The molecule has 1 saturated carbocycles. The van der Waals surface area contributed by atoms with Crippen LogP contribution >= 0.6 is 0 Å². The Labute approximate surface area is 71.4 Å². The molecule has 11 heavy (non-hydrogen) atoms. The highest BCUT2D eigenvalue weighted by Crippen LogP contribution is 2.36. The Bertz CT molecular complexity index is 99.7. The lowest BCUT2D eigenvalue weighted by Gasteiger charge is -2.29. The average molecular weight is 153 g/mol. The third kappa shape index (κ3) is 2.84. The van der Waals surface area contributed by atoms with E-state index in [0.717, 1.165) is 5.92 Å². The second-order valence-electron chi connectivity index (χ2n) is 4.68. The smallest absolute Gasteiger partial charge is 0.0326 e. The standard InChI is InChI=1S/C11H21/c1-11(2,3)10-8-6-4-5-7-9-10/h10H,1,4-9H2,2-3H3. The second-order valence-corrected chi connectivity index (χ2v) is 4.68. The average Bonchev–Trinajstić information content (AvgIpc) is 2.10. The Balaban J connectivity index is 2.43. The predicted octanol–water partition coefficient (Wildman–Crippen LogP) is 3.82. The van der Waals surface area contributed by atoms with Crippen molar-refractivity contribution in [2.45, 2.75) is 52.4 Å². The third-order valence-corrected chi connectivity index (χ3v) is 2.96. The van der Waals surface area contributed by atoms with E-state index in [1.165, 1.54) is 38.5 Å². The predicted molar refractivity (Wildman–Crippen MR) is 50.3 cm³/mol. The molecule has 0 nitrogen and oxygen atoms in total. The van der Waals surface area contributed by atoms with Gasteiger partial charge in [-0.2, -0.15) is 0 Å². The van der Waals surface area contributed by atoms with Gasteiger partial charge in [0.15, 0.2) is 0 Å². The minimum absolute atomic E-state index is 0.310. The summed E-state index contributed by atoms with van der Waals surface area (Å²) in [5.41, 5.74) is 0.310. The van der Waals surface area contributed by atoms with E-state index in [2.05, 4.69) is 20.8 Å². The van der Waals surface area contributed by atoms with Crippen molar-refractivity contribution >= 4 is 0 Å². The monoisotopic (exact) mass is 153 g/mol. The zero-order valence-electron chi connectivity index (χ0n) is 8.03. The Morgan fingerprint density at radius 3 is 1.82 bits per heavy atom. The molecular weight excluding hydrogens is 132 g/mol. The number of hydrogen-bond donors (Lipinski definition) is 0. The van der Waals surface area contributed by atoms with Gasteiger partial charge in [0, 0.05) is 0 Å². The molecule has 0 heteroatoms. The van der Waals surface area contributed by atoms with Crippen LogP contribution < -0.4 is 0 Å². The van der Waals surface area contributed by atoms with Crippen LogP contribution in [0.5, 0.6) is 0 Å². The van der Waals surface area contributed by atoms with E-state index in [-0.39, 0.29) is 0 Å². The molecule has 0 N–H and O–H groups in total. The van der Waals surface area contributed by atoms with Gasteiger partial charge in [0.25, 0.3) is 0 Å². The first-order valence-corrected chi connectivity index (χ1v) is 4.96. The molecule has 0 spiro atoms. The van der Waals surface area contributed by atoms with Gasteiger partial charge in [-0.1, -0.05) is 39.5 Å². The van der Waals surface area contributed by atoms with Crippen LogP contribution in [0.15, 0.2) is 0 Å². The lowest BCUT2D eigenvalue weighted by molar-refractivity contribution is 0.249. The van der Waals surface area contributed by atoms with Gasteiger partial charge in [-0.25, -0.2) is 0 Å². The van der Waals surface area contributed by atoms with Crippen molar-refractivity contribution in [1.29, 1.82) is 0 Å². The van der Waals surface area contributed by atoms with Crippen molar-refractivity contribution in [3.63, 3.8) is 0 Å². The maximum atomic E-state index is 4.24. The summed E-state index contributed by atoms with van der Waals surface area (Å²) in [6, 6.07) is 0. The van der Waals surface area contributed by atoms with Crippen LogP contribution in [0.1, 0.15) is 52.4 Å². The summed E-state index contributed by atoms with van der Waals surface area (Å²) in [5.74, 6) is 0.880. The minimum Gasteiger partial charge on any atom is -0.0596 e. The molecule has 0 aromatic heterocycles. The van der Waals surface area contributed by atoms with Crippen molar-refractivity contribution in [1.82, 2.24) is 0 Å². The van der Waals surface area contributed by atoms with E-state index in [4.69, 9.17) is 0 Å². The molecule has 1 radical (unpaired) electrons. The summed E-state index contributed by atoms with van der Waals surface area (Å²) in [5, 5.41) is 0. The maximum absolute atomic E-state index is 4.24. The summed E-state index contributed by atoms with van der Waals surface area (Å²) in [6.45, 7) is 8.80. The van der Waals surface area contributed by atoms with Gasteiger partial charge in [-0.15, -0.1) is 0 Å². The Kier molecular flexibility index (Phi) is 2.98. The van der Waals surface area contributed by atoms with Gasteiger partial charge in [-0.3, -0.25) is 0 Å². The fourth-order valence-corrected chi connectivity index (χ4v) is 2.06. The Hall–Kier alpha value is 0. The summed E-state index contributed by atoms with van der Waals surface area (Å²) in [6.07, 6.45) is 8.60. The molecule has 0 atom stereocenters. The fraction of sp³-hybridized carbons (Fsp3) is 0.909. The molecule has 1 fully saturated rings. The topological polar surface area (TPSA) is 0 Å². The van der Waals surface area contributed by atoms with Crippen LogP contribution in [0, 0.1) is 18.3 Å². The van der Waals surface area contributed by atoms with Gasteiger partial charge in [0.1, 0.15) is 0 Å². The van der Waals surface area contributed by atoms with Crippen LogP contribution in [-0.2, 0) is 0 Å². The first kappa shape index (κ1) is 9.09. The van der Waals surface area contributed by atoms with Crippen LogP contribution in [-0.4, -0.2) is 0 Å². The van der Waals surface area contributed by atoms with Gasteiger partial charge in [0.2, 0.25) is 0 Å². The summed E-state index contributed by atoms with van der Waals surface area (Å²) < 4.78 is 0. The summed E-state index contributed by atoms with van der Waals surface area (Å²) in [4.78, 5) is 0. The van der Waals surface area contributed by atoms with Crippen molar-refractivity contribution in [2.75, 3.05) is 0 Å². The van der Waals surface area contributed by atoms with Crippen LogP contribution in [0.3, 0.4) is 0 Å². The highest BCUT2D eigenvalue weighted by Gasteiger charge is 2.24. The van der Waals surface area contributed by atoms with Crippen molar-refractivity contribution in [2.24, 2.45) is 11.3 Å². The van der Waals surface area contributed by atoms with E-state index in [1.807, 2.05) is 0 Å². The normalized spacial score (nSPS) is 23.2. The highest BCUT2D eigenvalue weighted by molar-refractivity contribution is 4.81. The Morgan fingerprint density at radius 1 is 1.00 bits per heavy atom. The molecular formula is C11H21. The zero-order valence-corrected chi connectivity index (χ0v) is 8.03. The van der Waals surface area contributed by atoms with Crippen LogP contribution in [0.4, 0.5) is 0 Å². The molecule has 0 aliphatic heterocycles. The van der Waals surface area contributed by atoms with Gasteiger partial charge >= 0.3 is 0 Å².